The predicted molar refractivity (Wildman–Crippen MR) is 116 cm³/mol. The van der Waals surface area contributed by atoms with Crippen molar-refractivity contribution in [1.82, 2.24) is 4.98 Å². The molecule has 0 fully saturated rings. The second-order valence-corrected chi connectivity index (χ2v) is 9.27. The summed E-state index contributed by atoms with van der Waals surface area (Å²) in [4.78, 5) is 5.11. The fraction of sp³-hybridized carbons (Fsp3) is 0.130. The first-order chi connectivity index (χ1) is 14.7. The van der Waals surface area contributed by atoms with Crippen LogP contribution in [0.25, 0.3) is 22.2 Å². The summed E-state index contributed by atoms with van der Waals surface area (Å²) in [5, 5.41) is 1.18. The molecule has 170 valence electrons. The monoisotopic (exact) mass is 470 g/mol. The van der Waals surface area contributed by atoms with Crippen LogP contribution in [-0.2, 0) is 7.05 Å². The van der Waals surface area contributed by atoms with Gasteiger partial charge in [0.1, 0.15) is 5.52 Å². The van der Waals surface area contributed by atoms with Crippen LogP contribution in [0.2, 0.25) is 0 Å². The van der Waals surface area contributed by atoms with Gasteiger partial charge in [0.25, 0.3) is 0 Å². The first-order valence-corrected chi connectivity index (χ1v) is 11.7. The van der Waals surface area contributed by atoms with Crippen molar-refractivity contribution in [1.29, 1.82) is 0 Å². The molecule has 0 spiro atoms. The van der Waals surface area contributed by atoms with Crippen LogP contribution >= 0.6 is 7.81 Å². The summed E-state index contributed by atoms with van der Waals surface area (Å²) >= 11 is 0. The van der Waals surface area contributed by atoms with Gasteiger partial charge in [-0.25, -0.2) is 4.57 Å². The van der Waals surface area contributed by atoms with Crippen molar-refractivity contribution >= 4 is 18.7 Å². The van der Waals surface area contributed by atoms with E-state index in [9.17, 15) is 25.2 Å². The van der Waals surface area contributed by atoms with E-state index in [-0.39, 0.29) is 5.92 Å². The Morgan fingerprint density at radius 2 is 1.19 bits per heavy atom. The van der Waals surface area contributed by atoms with Gasteiger partial charge in [0.05, 0.1) is 18.4 Å². The zero-order chi connectivity index (χ0) is 23.6. The van der Waals surface area contributed by atoms with Crippen LogP contribution in [0.5, 0.6) is 0 Å². The molecule has 2 nitrogen and oxygen atoms in total. The van der Waals surface area contributed by atoms with E-state index in [1.165, 1.54) is 16.5 Å². The maximum atomic E-state index is 9.87. The Morgan fingerprint density at radius 3 is 1.75 bits per heavy atom. The number of rotatable bonds is 3. The van der Waals surface area contributed by atoms with Crippen molar-refractivity contribution in [2.45, 2.75) is 12.8 Å². The Balaban J connectivity index is 0.000000360. The Labute approximate surface area is 181 Å². The van der Waals surface area contributed by atoms with E-state index in [4.69, 9.17) is 4.98 Å². The fourth-order valence-corrected chi connectivity index (χ4v) is 3.43. The molecule has 0 amide bonds. The van der Waals surface area contributed by atoms with Crippen LogP contribution in [0, 0.1) is 0 Å². The number of halogens is 6. The van der Waals surface area contributed by atoms with Crippen molar-refractivity contribution in [3.63, 3.8) is 0 Å². The maximum absolute atomic E-state index is 10.7. The van der Waals surface area contributed by atoms with Crippen LogP contribution in [0.15, 0.2) is 84.9 Å². The van der Waals surface area contributed by atoms with Gasteiger partial charge in [-0.1, -0.05) is 72.8 Å². The number of fused-ring (bicyclic) bond motifs is 1. The predicted octanol–water partition coefficient (Wildman–Crippen LogP) is 8.26. The molecule has 0 saturated carbocycles. The molecule has 9 heteroatoms. The third-order valence-corrected chi connectivity index (χ3v) is 4.82. The summed E-state index contributed by atoms with van der Waals surface area (Å²) in [6.07, 6.45) is 0. The van der Waals surface area contributed by atoms with Gasteiger partial charge in [-0.2, -0.15) is 0 Å². The van der Waals surface area contributed by atoms with Crippen LogP contribution < -0.4 is 4.57 Å². The number of benzene rings is 3. The second-order valence-electron chi connectivity index (χ2n) is 7.35. The van der Waals surface area contributed by atoms with Crippen LogP contribution in [0.3, 0.4) is 0 Å². The molecule has 1 heterocycles. The van der Waals surface area contributed by atoms with Gasteiger partial charge in [-0.05, 0) is 29.6 Å². The first-order valence-electron chi connectivity index (χ1n) is 9.66. The normalized spacial score (nSPS) is 14.6. The molecule has 0 N–H and O–H groups in total. The second kappa shape index (κ2) is 7.85. The summed E-state index contributed by atoms with van der Waals surface area (Å²) in [5.41, 5.74) is 4.68. The number of nitrogens with zero attached hydrogens (tertiary/aromatic N) is 2. The van der Waals surface area contributed by atoms with Crippen molar-refractivity contribution in [3.8, 4) is 11.3 Å². The third-order valence-electron chi connectivity index (χ3n) is 4.82. The Bertz CT molecular complexity index is 1220. The summed E-state index contributed by atoms with van der Waals surface area (Å²) in [6, 6.07) is 29.5. The SMILES string of the molecule is CC(c1ccccc1)c1nc(-c2ccccc2)c2ccccc2[n+]1C.F[P-](F)(F)(F)(F)F. The molecule has 0 aliphatic carbocycles. The number of para-hydroxylation sites is 1. The van der Waals surface area contributed by atoms with Gasteiger partial charge >= 0.3 is 38.8 Å². The molecule has 0 aliphatic rings. The molecule has 0 saturated heterocycles. The minimum absolute atomic E-state index is 0.221. The Morgan fingerprint density at radius 1 is 0.719 bits per heavy atom. The molecular weight excluding hydrogens is 449 g/mol. The van der Waals surface area contributed by atoms with Gasteiger partial charge in [0.15, 0.2) is 5.69 Å². The van der Waals surface area contributed by atoms with Crippen molar-refractivity contribution in [2.75, 3.05) is 0 Å². The average Bonchev–Trinajstić information content (AvgIpc) is 2.73. The molecule has 0 bridgehead atoms. The zero-order valence-corrected chi connectivity index (χ0v) is 18.2. The van der Waals surface area contributed by atoms with Crippen LogP contribution in [0.1, 0.15) is 24.2 Å². The third kappa shape index (κ3) is 6.76. The number of hydrogen-bond acceptors (Lipinski definition) is 1. The molecule has 0 radical (unpaired) electrons. The number of hydrogen-bond donors (Lipinski definition) is 0. The molecule has 1 aromatic heterocycles. The van der Waals surface area contributed by atoms with Gasteiger partial charge in [0.2, 0.25) is 0 Å². The molecule has 3 aromatic carbocycles. The van der Waals surface area contributed by atoms with E-state index in [1.54, 1.807) is 0 Å². The van der Waals surface area contributed by atoms with Gasteiger partial charge in [-0.3, -0.25) is 0 Å². The van der Waals surface area contributed by atoms with E-state index in [0.717, 1.165) is 17.1 Å². The molecule has 4 aromatic rings. The number of aromatic nitrogens is 2. The molecule has 32 heavy (non-hydrogen) atoms. The van der Waals surface area contributed by atoms with Gasteiger partial charge in [0, 0.05) is 5.56 Å². The topological polar surface area (TPSA) is 16.8 Å². The molecular formula is C23H21F6N2P. The van der Waals surface area contributed by atoms with Crippen molar-refractivity contribution in [3.05, 3.63) is 96.3 Å². The Hall–Kier alpha value is -2.99. The van der Waals surface area contributed by atoms with E-state index in [2.05, 4.69) is 97.4 Å². The van der Waals surface area contributed by atoms with E-state index < -0.39 is 7.81 Å². The first kappa shape index (κ1) is 23.7. The molecule has 1 atom stereocenters. The molecule has 1 unspecified atom stereocenters. The van der Waals surface area contributed by atoms with Gasteiger partial charge in [-0.15, -0.1) is 0 Å². The summed E-state index contributed by atoms with van der Waals surface area (Å²) in [6.45, 7) is 2.22. The van der Waals surface area contributed by atoms with Crippen LogP contribution in [-0.4, -0.2) is 4.98 Å². The standard InChI is InChI=1S/C23H21N2.F6P/c1-17(18-11-5-3-6-12-18)23-24-22(19-13-7-4-8-14-19)20-15-9-10-16-21(20)25(23)2;1-7(2,3,4,5)6/h3-17H,1-2H3;/q+1;-1. The summed E-state index contributed by atoms with van der Waals surface area (Å²) in [7, 11) is -8.55. The number of aryl methyl sites for hydroxylation is 1. The van der Waals surface area contributed by atoms with Crippen LogP contribution in [0.4, 0.5) is 25.2 Å². The average molecular weight is 470 g/mol. The van der Waals surface area contributed by atoms with Crippen molar-refractivity contribution < 1.29 is 29.7 Å². The quantitative estimate of drug-likeness (QED) is 0.167. The fourth-order valence-electron chi connectivity index (χ4n) is 3.43. The van der Waals surface area contributed by atoms with Crippen molar-refractivity contribution in [2.24, 2.45) is 7.05 Å². The van der Waals surface area contributed by atoms with E-state index in [0.29, 0.717) is 0 Å². The van der Waals surface area contributed by atoms with E-state index >= 15 is 0 Å². The minimum atomic E-state index is -10.7. The summed E-state index contributed by atoms with van der Waals surface area (Å²) in [5.74, 6) is 1.29. The summed E-state index contributed by atoms with van der Waals surface area (Å²) < 4.78 is 61.4. The zero-order valence-electron chi connectivity index (χ0n) is 17.3. The molecule has 4 rings (SSSR count). The van der Waals surface area contributed by atoms with Gasteiger partial charge < -0.3 is 0 Å². The molecule has 0 aliphatic heterocycles. The Kier molecular flexibility index (Phi) is 5.81. The van der Waals surface area contributed by atoms with E-state index in [1.807, 2.05) is 6.07 Å².